The van der Waals surface area contributed by atoms with Crippen LogP contribution in [0.2, 0.25) is 0 Å². The Morgan fingerprint density at radius 1 is 1.05 bits per heavy atom. The lowest BCUT2D eigenvalue weighted by Crippen LogP contribution is -2.19. The van der Waals surface area contributed by atoms with E-state index in [1.165, 1.54) is 0 Å². The third-order valence-corrected chi connectivity index (χ3v) is 3.52. The van der Waals surface area contributed by atoms with Crippen molar-refractivity contribution in [2.45, 2.75) is 12.4 Å². The molecule has 0 bridgehead atoms. The van der Waals surface area contributed by atoms with E-state index in [1.807, 2.05) is 0 Å². The number of benzene rings is 1. The molecule has 1 aromatic carbocycles. The number of alkyl halides is 7. The molecule has 1 aromatic rings. The highest BCUT2D eigenvalue weighted by Crippen LogP contribution is 2.40. The van der Waals surface area contributed by atoms with E-state index in [-0.39, 0.29) is 6.07 Å². The van der Waals surface area contributed by atoms with Gasteiger partial charge in [-0.05, 0) is 34.7 Å². The Hall–Kier alpha value is -0.510. The van der Waals surface area contributed by atoms with Crippen molar-refractivity contribution in [3.05, 3.63) is 32.4 Å². The van der Waals surface area contributed by atoms with Gasteiger partial charge in [-0.1, -0.05) is 0 Å². The number of carbonyl (C=O) groups excluding carboxylic acids is 1. The summed E-state index contributed by atoms with van der Waals surface area (Å²) in [4.78, 5) is 11.4. The largest absolute Gasteiger partial charge is 0.417 e. The van der Waals surface area contributed by atoms with E-state index >= 15 is 0 Å². The number of hydrogen-bond donors (Lipinski definition) is 0. The van der Waals surface area contributed by atoms with E-state index in [4.69, 9.17) is 11.6 Å². The van der Waals surface area contributed by atoms with Crippen LogP contribution in [0.1, 0.15) is 21.5 Å². The monoisotopic (exact) mass is 416 g/mol. The zero-order valence-electron chi connectivity index (χ0n) is 8.79. The first-order chi connectivity index (χ1) is 8.50. The maximum Gasteiger partial charge on any atom is 0.417 e. The number of Topliss-reactive ketones (excluding diaryl/α,β-unsaturated/α-hetero) is 1. The summed E-state index contributed by atoms with van der Waals surface area (Å²) in [5.41, 5.74) is -3.76. The van der Waals surface area contributed by atoms with Gasteiger partial charge >= 0.3 is 12.4 Å². The smallest absolute Gasteiger partial charge is 0.293 e. The standard InChI is InChI=1S/C10H4ClF6IO/c11-3-6(19)7-4(9(12,13)14)1-2-5(8(7)18)10(15,16)17/h1-2H,3H2. The van der Waals surface area contributed by atoms with Crippen LogP contribution in [-0.4, -0.2) is 11.7 Å². The average molecular weight is 416 g/mol. The first-order valence-corrected chi connectivity index (χ1v) is 6.17. The lowest BCUT2D eigenvalue weighted by molar-refractivity contribution is -0.142. The molecule has 19 heavy (non-hydrogen) atoms. The van der Waals surface area contributed by atoms with Crippen molar-refractivity contribution >= 4 is 40.0 Å². The van der Waals surface area contributed by atoms with Gasteiger partial charge in [-0.3, -0.25) is 4.79 Å². The molecular formula is C10H4ClF6IO. The molecule has 0 spiro atoms. The molecule has 0 aliphatic heterocycles. The van der Waals surface area contributed by atoms with Crippen molar-refractivity contribution in [1.82, 2.24) is 0 Å². The van der Waals surface area contributed by atoms with E-state index < -0.39 is 44.3 Å². The van der Waals surface area contributed by atoms with Crippen molar-refractivity contribution < 1.29 is 31.1 Å². The predicted octanol–water partition coefficient (Wildman–Crippen LogP) is 4.75. The molecule has 0 N–H and O–H groups in total. The van der Waals surface area contributed by atoms with Gasteiger partial charge in [0, 0.05) is 9.13 Å². The molecule has 0 aliphatic carbocycles. The second-order valence-corrected chi connectivity index (χ2v) is 4.75. The summed E-state index contributed by atoms with van der Waals surface area (Å²) < 4.78 is 75.0. The van der Waals surface area contributed by atoms with E-state index in [0.717, 1.165) is 22.6 Å². The summed E-state index contributed by atoms with van der Waals surface area (Å²) in [7, 11) is 0. The van der Waals surface area contributed by atoms with Crippen molar-refractivity contribution in [2.24, 2.45) is 0 Å². The van der Waals surface area contributed by atoms with Crippen molar-refractivity contribution in [3.8, 4) is 0 Å². The topological polar surface area (TPSA) is 17.1 Å². The minimum atomic E-state index is -4.93. The average Bonchev–Trinajstić information content (AvgIpc) is 2.24. The molecule has 0 aliphatic rings. The molecule has 0 aromatic heterocycles. The Bertz CT molecular complexity index is 508. The first-order valence-electron chi connectivity index (χ1n) is 4.56. The summed E-state index contributed by atoms with van der Waals surface area (Å²) in [6, 6.07) is 0.542. The fraction of sp³-hybridized carbons (Fsp3) is 0.300. The Balaban J connectivity index is 3.65. The van der Waals surface area contributed by atoms with E-state index in [0.29, 0.717) is 6.07 Å². The molecule has 1 nitrogen and oxygen atoms in total. The van der Waals surface area contributed by atoms with Crippen LogP contribution in [0.5, 0.6) is 0 Å². The van der Waals surface area contributed by atoms with Gasteiger partial charge in [0.25, 0.3) is 0 Å². The van der Waals surface area contributed by atoms with Crippen molar-refractivity contribution in [2.75, 3.05) is 5.88 Å². The fourth-order valence-electron chi connectivity index (χ4n) is 1.37. The Morgan fingerprint density at radius 2 is 1.47 bits per heavy atom. The molecular weight excluding hydrogens is 412 g/mol. The van der Waals surface area contributed by atoms with Crippen LogP contribution < -0.4 is 0 Å². The maximum absolute atomic E-state index is 12.7. The summed E-state index contributed by atoms with van der Waals surface area (Å²) in [5, 5.41) is 0. The SMILES string of the molecule is O=C(CCl)c1c(C(F)(F)F)ccc(C(F)(F)F)c1I. The van der Waals surface area contributed by atoms with Gasteiger partial charge in [-0.15, -0.1) is 11.6 Å². The minimum Gasteiger partial charge on any atom is -0.293 e. The summed E-state index contributed by atoms with van der Waals surface area (Å²) in [5.74, 6) is -2.04. The molecule has 0 radical (unpaired) electrons. The van der Waals surface area contributed by atoms with E-state index in [1.54, 1.807) is 0 Å². The zero-order chi connectivity index (χ0) is 15.0. The second kappa shape index (κ2) is 5.47. The van der Waals surface area contributed by atoms with Crippen LogP contribution in [0.15, 0.2) is 12.1 Å². The predicted molar refractivity (Wildman–Crippen MR) is 64.2 cm³/mol. The van der Waals surface area contributed by atoms with Crippen molar-refractivity contribution in [3.63, 3.8) is 0 Å². The Kier molecular flexibility index (Phi) is 4.76. The Labute approximate surface area is 122 Å². The summed E-state index contributed by atoms with van der Waals surface area (Å²) >= 11 is 6.22. The molecule has 0 heterocycles. The minimum absolute atomic E-state index is 0.241. The molecule has 1 rings (SSSR count). The lowest BCUT2D eigenvalue weighted by atomic mass is 10.0. The highest BCUT2D eigenvalue weighted by atomic mass is 127. The van der Waals surface area contributed by atoms with Gasteiger partial charge in [0.15, 0.2) is 5.78 Å². The normalized spacial score (nSPS) is 12.6. The number of halogens is 8. The number of carbonyl (C=O) groups is 1. The van der Waals surface area contributed by atoms with Crippen LogP contribution in [-0.2, 0) is 12.4 Å². The second-order valence-electron chi connectivity index (χ2n) is 3.40. The van der Waals surface area contributed by atoms with E-state index in [2.05, 4.69) is 0 Å². The van der Waals surface area contributed by atoms with Crippen LogP contribution in [0.4, 0.5) is 26.3 Å². The van der Waals surface area contributed by atoms with Gasteiger partial charge in [-0.2, -0.15) is 26.3 Å². The maximum atomic E-state index is 12.7. The molecule has 0 saturated carbocycles. The van der Waals surface area contributed by atoms with Crippen LogP contribution in [0.3, 0.4) is 0 Å². The molecule has 0 atom stereocenters. The molecule has 0 amide bonds. The fourth-order valence-corrected chi connectivity index (χ4v) is 2.58. The highest BCUT2D eigenvalue weighted by molar-refractivity contribution is 14.1. The number of rotatable bonds is 2. The van der Waals surface area contributed by atoms with Crippen LogP contribution in [0.25, 0.3) is 0 Å². The summed E-state index contributed by atoms with van der Waals surface area (Å²) in [6.07, 6.45) is -9.77. The van der Waals surface area contributed by atoms with Gasteiger partial charge in [0.05, 0.1) is 17.0 Å². The van der Waals surface area contributed by atoms with Gasteiger partial charge in [0.1, 0.15) is 0 Å². The first kappa shape index (κ1) is 16.5. The molecule has 0 unspecified atom stereocenters. The highest BCUT2D eigenvalue weighted by Gasteiger charge is 2.41. The van der Waals surface area contributed by atoms with Gasteiger partial charge in [0.2, 0.25) is 0 Å². The van der Waals surface area contributed by atoms with E-state index in [9.17, 15) is 31.1 Å². The third kappa shape index (κ3) is 3.53. The molecule has 106 valence electrons. The Morgan fingerprint density at radius 3 is 1.84 bits per heavy atom. The van der Waals surface area contributed by atoms with Gasteiger partial charge in [-0.25, -0.2) is 0 Å². The van der Waals surface area contributed by atoms with Gasteiger partial charge < -0.3 is 0 Å². The third-order valence-electron chi connectivity index (χ3n) is 2.15. The van der Waals surface area contributed by atoms with Crippen LogP contribution >= 0.6 is 34.2 Å². The summed E-state index contributed by atoms with van der Waals surface area (Å²) in [6.45, 7) is 0. The quantitative estimate of drug-likeness (QED) is 0.294. The number of ketones is 1. The molecule has 0 fully saturated rings. The lowest BCUT2D eigenvalue weighted by Gasteiger charge is -2.17. The van der Waals surface area contributed by atoms with Crippen LogP contribution in [0, 0.1) is 3.57 Å². The molecule has 9 heteroatoms. The molecule has 0 saturated heterocycles. The number of hydrogen-bond acceptors (Lipinski definition) is 1. The van der Waals surface area contributed by atoms with Crippen molar-refractivity contribution in [1.29, 1.82) is 0 Å². The zero-order valence-corrected chi connectivity index (χ0v) is 11.7.